The van der Waals surface area contributed by atoms with Crippen molar-refractivity contribution < 1.29 is 9.53 Å². The van der Waals surface area contributed by atoms with Gasteiger partial charge in [-0.2, -0.15) is 0 Å². The molecule has 3 nitrogen and oxygen atoms in total. The fourth-order valence-electron chi connectivity index (χ4n) is 5.39. The van der Waals surface area contributed by atoms with E-state index in [9.17, 15) is 4.79 Å². The number of pyridine rings is 1. The van der Waals surface area contributed by atoms with Crippen LogP contribution in [-0.2, 0) is 0 Å². The number of methoxy groups -OCH3 is 1. The first-order chi connectivity index (χ1) is 10.7. The lowest BCUT2D eigenvalue weighted by molar-refractivity contribution is -0.0238. The third-order valence-electron chi connectivity index (χ3n) is 5.89. The molecule has 0 unspecified atom stereocenters. The fraction of sp³-hybridized carbons (Fsp3) is 0.579. The summed E-state index contributed by atoms with van der Waals surface area (Å²) >= 11 is 0. The molecule has 4 bridgehead atoms. The largest absolute Gasteiger partial charge is 0.497 e. The van der Waals surface area contributed by atoms with Gasteiger partial charge in [-0.3, -0.25) is 9.78 Å². The van der Waals surface area contributed by atoms with Gasteiger partial charge < -0.3 is 4.74 Å². The van der Waals surface area contributed by atoms with Crippen LogP contribution in [0.25, 0.3) is 0 Å². The quantitative estimate of drug-likeness (QED) is 0.622. The van der Waals surface area contributed by atoms with Crippen molar-refractivity contribution in [2.45, 2.75) is 38.5 Å². The molecule has 0 aromatic carbocycles. The van der Waals surface area contributed by atoms with Crippen LogP contribution < -0.4 is 4.74 Å². The van der Waals surface area contributed by atoms with E-state index in [1.807, 2.05) is 0 Å². The van der Waals surface area contributed by atoms with Gasteiger partial charge in [0.15, 0.2) is 0 Å². The molecule has 0 amide bonds. The molecule has 1 aromatic rings. The Balaban J connectivity index is 1.52. The molecule has 22 heavy (non-hydrogen) atoms. The molecule has 4 aliphatic carbocycles. The summed E-state index contributed by atoms with van der Waals surface area (Å²) in [5.74, 6) is 3.39. The predicted octanol–water partition coefficient (Wildman–Crippen LogP) is 4.05. The predicted molar refractivity (Wildman–Crippen MR) is 84.9 cm³/mol. The van der Waals surface area contributed by atoms with Crippen LogP contribution in [0, 0.1) is 23.2 Å². The van der Waals surface area contributed by atoms with Crippen molar-refractivity contribution in [2.75, 3.05) is 7.11 Å². The minimum absolute atomic E-state index is 0.00496. The zero-order valence-electron chi connectivity index (χ0n) is 13.1. The van der Waals surface area contributed by atoms with Crippen molar-refractivity contribution in [3.05, 3.63) is 36.2 Å². The second-order valence-electron chi connectivity index (χ2n) is 7.56. The van der Waals surface area contributed by atoms with E-state index >= 15 is 0 Å². The molecule has 0 saturated heterocycles. The second-order valence-corrected chi connectivity index (χ2v) is 7.56. The van der Waals surface area contributed by atoms with Crippen molar-refractivity contribution in [3.8, 4) is 5.75 Å². The Kier molecular flexibility index (Phi) is 3.32. The topological polar surface area (TPSA) is 39.2 Å². The Bertz CT molecular complexity index is 584. The van der Waals surface area contributed by atoms with Crippen LogP contribution in [0.2, 0.25) is 0 Å². The number of ketones is 1. The normalized spacial score (nSPS) is 36.0. The van der Waals surface area contributed by atoms with Gasteiger partial charge in [0.05, 0.1) is 7.11 Å². The summed E-state index contributed by atoms with van der Waals surface area (Å²) in [5.41, 5.74) is 0.767. The van der Waals surface area contributed by atoms with E-state index in [0.717, 1.165) is 17.8 Å². The van der Waals surface area contributed by atoms with Gasteiger partial charge in [0, 0.05) is 12.3 Å². The number of nitrogens with zero attached hydrogens (tertiary/aromatic N) is 1. The SMILES string of the molecule is COc1ccnc(C(=O)/C=C/C23CC4CC(CC(C4)C2)C3)c1. The summed E-state index contributed by atoms with van der Waals surface area (Å²) in [4.78, 5) is 16.6. The molecular formula is C19H23NO2. The van der Waals surface area contributed by atoms with E-state index in [-0.39, 0.29) is 5.78 Å². The van der Waals surface area contributed by atoms with Crippen LogP contribution in [0.5, 0.6) is 5.75 Å². The van der Waals surface area contributed by atoms with E-state index in [0.29, 0.717) is 16.9 Å². The average molecular weight is 297 g/mol. The van der Waals surface area contributed by atoms with E-state index in [2.05, 4.69) is 11.1 Å². The zero-order chi connectivity index (χ0) is 15.2. The van der Waals surface area contributed by atoms with Gasteiger partial charge in [0.1, 0.15) is 11.4 Å². The molecule has 4 aliphatic rings. The zero-order valence-corrected chi connectivity index (χ0v) is 13.1. The van der Waals surface area contributed by atoms with E-state index < -0.39 is 0 Å². The van der Waals surface area contributed by atoms with Crippen molar-refractivity contribution in [1.82, 2.24) is 4.98 Å². The highest BCUT2D eigenvalue weighted by molar-refractivity contribution is 6.03. The molecule has 116 valence electrons. The molecule has 4 saturated carbocycles. The Morgan fingerprint density at radius 3 is 2.45 bits per heavy atom. The maximum absolute atomic E-state index is 12.4. The first-order valence-corrected chi connectivity index (χ1v) is 8.39. The number of hydrogen-bond donors (Lipinski definition) is 0. The fourth-order valence-corrected chi connectivity index (χ4v) is 5.39. The number of hydrogen-bond acceptors (Lipinski definition) is 3. The van der Waals surface area contributed by atoms with Crippen molar-refractivity contribution in [3.63, 3.8) is 0 Å². The molecule has 1 heterocycles. The van der Waals surface area contributed by atoms with Gasteiger partial charge >= 0.3 is 0 Å². The lowest BCUT2D eigenvalue weighted by atomic mass is 9.49. The summed E-state index contributed by atoms with van der Waals surface area (Å²) in [5, 5.41) is 0. The van der Waals surface area contributed by atoms with Crippen LogP contribution in [0.15, 0.2) is 30.5 Å². The van der Waals surface area contributed by atoms with Crippen LogP contribution in [0.3, 0.4) is 0 Å². The summed E-state index contributed by atoms with van der Waals surface area (Å²) < 4.78 is 5.17. The van der Waals surface area contributed by atoms with Crippen LogP contribution in [-0.4, -0.2) is 17.9 Å². The van der Waals surface area contributed by atoms with Crippen molar-refractivity contribution in [2.24, 2.45) is 23.2 Å². The van der Waals surface area contributed by atoms with E-state index in [4.69, 9.17) is 4.74 Å². The van der Waals surface area contributed by atoms with Gasteiger partial charge in [0.25, 0.3) is 0 Å². The Morgan fingerprint density at radius 1 is 1.23 bits per heavy atom. The Morgan fingerprint density at radius 2 is 1.86 bits per heavy atom. The summed E-state index contributed by atoms with van der Waals surface area (Å²) in [6.07, 6.45) is 13.8. The molecule has 0 radical (unpaired) electrons. The van der Waals surface area contributed by atoms with Gasteiger partial charge in [-0.1, -0.05) is 6.08 Å². The first-order valence-electron chi connectivity index (χ1n) is 8.39. The van der Waals surface area contributed by atoms with Gasteiger partial charge in [-0.05, 0) is 73.8 Å². The second kappa shape index (κ2) is 5.22. The van der Waals surface area contributed by atoms with Crippen LogP contribution >= 0.6 is 0 Å². The minimum atomic E-state index is -0.00496. The highest BCUT2D eigenvalue weighted by Crippen LogP contribution is 2.60. The molecule has 1 aromatic heterocycles. The third kappa shape index (κ3) is 2.47. The molecule has 0 spiro atoms. The summed E-state index contributed by atoms with van der Waals surface area (Å²) in [6, 6.07) is 3.48. The highest BCUT2D eigenvalue weighted by atomic mass is 16.5. The lowest BCUT2D eigenvalue weighted by Gasteiger charge is -2.55. The molecule has 3 heteroatoms. The number of aromatic nitrogens is 1. The standard InChI is InChI=1S/C19H23NO2/c1-22-16-3-5-20-17(9-16)18(21)2-4-19-10-13-6-14(11-19)8-15(7-13)12-19/h2-5,9,13-15H,6-8,10-12H2,1H3/b4-2+. The van der Waals surface area contributed by atoms with Crippen molar-refractivity contribution >= 4 is 5.78 Å². The maximum Gasteiger partial charge on any atom is 0.203 e. The Labute approximate surface area is 131 Å². The molecule has 0 atom stereocenters. The number of carbonyl (C=O) groups excluding carboxylic acids is 1. The third-order valence-corrected chi connectivity index (χ3v) is 5.89. The van der Waals surface area contributed by atoms with Crippen LogP contribution in [0.1, 0.15) is 49.0 Å². The summed E-state index contributed by atoms with van der Waals surface area (Å²) in [6.45, 7) is 0. The van der Waals surface area contributed by atoms with Gasteiger partial charge in [0.2, 0.25) is 5.78 Å². The lowest BCUT2D eigenvalue weighted by Crippen LogP contribution is -2.45. The Hall–Kier alpha value is -1.64. The molecule has 0 N–H and O–H groups in total. The van der Waals surface area contributed by atoms with Crippen LogP contribution in [0.4, 0.5) is 0 Å². The molecular weight excluding hydrogens is 274 g/mol. The monoisotopic (exact) mass is 297 g/mol. The molecule has 4 fully saturated rings. The maximum atomic E-state index is 12.4. The number of carbonyl (C=O) groups is 1. The number of ether oxygens (including phenoxy) is 1. The van der Waals surface area contributed by atoms with Crippen molar-refractivity contribution in [1.29, 1.82) is 0 Å². The van der Waals surface area contributed by atoms with Gasteiger partial charge in [-0.25, -0.2) is 0 Å². The molecule has 0 aliphatic heterocycles. The highest BCUT2D eigenvalue weighted by Gasteiger charge is 2.49. The van der Waals surface area contributed by atoms with E-state index in [1.54, 1.807) is 31.5 Å². The van der Waals surface area contributed by atoms with Gasteiger partial charge in [-0.15, -0.1) is 0 Å². The number of allylic oxidation sites excluding steroid dienone is 2. The average Bonchev–Trinajstić information content (AvgIpc) is 2.51. The molecule has 5 rings (SSSR count). The number of rotatable bonds is 4. The smallest absolute Gasteiger partial charge is 0.203 e. The van der Waals surface area contributed by atoms with E-state index in [1.165, 1.54) is 38.5 Å². The first kappa shape index (κ1) is 14.0. The summed E-state index contributed by atoms with van der Waals surface area (Å²) in [7, 11) is 1.61. The minimum Gasteiger partial charge on any atom is -0.497 e.